The molecule has 5 rings (SSSR count). The normalized spacial score (nSPS) is 19.8. The Labute approximate surface area is 189 Å². The predicted octanol–water partition coefficient (Wildman–Crippen LogP) is 4.45. The summed E-state index contributed by atoms with van der Waals surface area (Å²) < 4.78 is 22.2. The van der Waals surface area contributed by atoms with E-state index in [4.69, 9.17) is 10.5 Å². The van der Waals surface area contributed by atoms with E-state index in [-0.39, 0.29) is 28.9 Å². The molecular weight excluding hydrogens is 421 g/mol. The van der Waals surface area contributed by atoms with Gasteiger partial charge in [-0.05, 0) is 31.9 Å². The smallest absolute Gasteiger partial charge is 0.191 e. The molecule has 0 aliphatic heterocycles. The van der Waals surface area contributed by atoms with E-state index >= 15 is 4.39 Å². The van der Waals surface area contributed by atoms with E-state index in [1.807, 2.05) is 18.2 Å². The summed E-state index contributed by atoms with van der Waals surface area (Å²) in [6.07, 6.45) is 1.03. The van der Waals surface area contributed by atoms with Crippen molar-refractivity contribution >= 4 is 16.7 Å². The lowest BCUT2D eigenvalue weighted by Gasteiger charge is -2.41. The number of aromatic nitrogens is 3. The van der Waals surface area contributed by atoms with Gasteiger partial charge in [0.15, 0.2) is 11.6 Å². The summed E-state index contributed by atoms with van der Waals surface area (Å²) >= 11 is 0. The Morgan fingerprint density at radius 2 is 1.91 bits per heavy atom. The Hall–Kier alpha value is -3.96. The average Bonchev–Trinajstić information content (AvgIpc) is 3.13. The second kappa shape index (κ2) is 7.57. The largest absolute Gasteiger partial charge is 0.493 e. The van der Waals surface area contributed by atoms with Crippen LogP contribution < -0.4 is 10.5 Å². The van der Waals surface area contributed by atoms with Crippen molar-refractivity contribution in [2.24, 2.45) is 0 Å². The molecule has 2 heterocycles. The van der Waals surface area contributed by atoms with Gasteiger partial charge in [0.25, 0.3) is 0 Å². The van der Waals surface area contributed by atoms with Crippen molar-refractivity contribution in [1.29, 1.82) is 5.26 Å². The number of hydrogen-bond acceptors (Lipinski definition) is 6. The first kappa shape index (κ1) is 20.9. The highest BCUT2D eigenvalue weighted by Crippen LogP contribution is 2.43. The second-order valence-electron chi connectivity index (χ2n) is 8.63. The summed E-state index contributed by atoms with van der Waals surface area (Å²) in [6.45, 7) is 1.77. The number of nitrogens with two attached hydrogens (primary N) is 1. The lowest BCUT2D eigenvalue weighted by Crippen LogP contribution is -2.42. The number of nitrogen functional groups attached to an aromatic ring is 1. The molecule has 2 aromatic heterocycles. The van der Waals surface area contributed by atoms with Gasteiger partial charge in [0.2, 0.25) is 0 Å². The van der Waals surface area contributed by atoms with Crippen LogP contribution in [0.25, 0.3) is 33.4 Å². The number of halogens is 1. The van der Waals surface area contributed by atoms with Gasteiger partial charge in [-0.3, -0.25) is 0 Å². The number of ether oxygens (including phenoxy) is 1. The fourth-order valence-electron chi connectivity index (χ4n) is 4.51. The van der Waals surface area contributed by atoms with Crippen LogP contribution in [0, 0.1) is 17.1 Å². The zero-order chi connectivity index (χ0) is 23.3. The van der Waals surface area contributed by atoms with Gasteiger partial charge in [-0.25, -0.2) is 14.1 Å². The SMILES string of the molecule is COc1c(F)c(-c2ccccc2)nc2cc(-c3nn([C@H]4C[C@@](C)(O)C4)c(N)c3C#N)ccc12. The first-order valence-electron chi connectivity index (χ1n) is 10.6. The summed E-state index contributed by atoms with van der Waals surface area (Å²) in [5, 5.41) is 25.0. The molecule has 0 bridgehead atoms. The number of nitriles is 1. The predicted molar refractivity (Wildman–Crippen MR) is 123 cm³/mol. The highest BCUT2D eigenvalue weighted by Gasteiger charge is 2.41. The van der Waals surface area contributed by atoms with Crippen LogP contribution in [0.2, 0.25) is 0 Å². The van der Waals surface area contributed by atoms with Crippen molar-refractivity contribution in [3.63, 3.8) is 0 Å². The van der Waals surface area contributed by atoms with Gasteiger partial charge in [0.1, 0.15) is 28.8 Å². The Kier molecular flexibility index (Phi) is 4.80. The average molecular weight is 443 g/mol. The lowest BCUT2D eigenvalue weighted by molar-refractivity contribution is -0.0535. The summed E-state index contributed by atoms with van der Waals surface area (Å²) in [6, 6.07) is 16.3. The molecule has 0 atom stereocenters. The van der Waals surface area contributed by atoms with Crippen LogP contribution in [-0.4, -0.2) is 32.6 Å². The fraction of sp³-hybridized carbons (Fsp3) is 0.240. The van der Waals surface area contributed by atoms with Gasteiger partial charge in [-0.15, -0.1) is 0 Å². The number of rotatable bonds is 4. The van der Waals surface area contributed by atoms with E-state index in [0.29, 0.717) is 40.6 Å². The van der Waals surface area contributed by atoms with Crippen LogP contribution in [0.3, 0.4) is 0 Å². The van der Waals surface area contributed by atoms with Crippen molar-refractivity contribution < 1.29 is 14.2 Å². The van der Waals surface area contributed by atoms with Crippen LogP contribution in [0.5, 0.6) is 5.75 Å². The van der Waals surface area contributed by atoms with Gasteiger partial charge in [-0.1, -0.05) is 36.4 Å². The topological polar surface area (TPSA) is 110 Å². The quantitative estimate of drug-likeness (QED) is 0.482. The van der Waals surface area contributed by atoms with E-state index in [1.165, 1.54) is 7.11 Å². The third kappa shape index (κ3) is 3.38. The zero-order valence-electron chi connectivity index (χ0n) is 18.2. The van der Waals surface area contributed by atoms with E-state index in [9.17, 15) is 10.4 Å². The van der Waals surface area contributed by atoms with Gasteiger partial charge in [-0.2, -0.15) is 10.4 Å². The van der Waals surface area contributed by atoms with Crippen LogP contribution >= 0.6 is 0 Å². The van der Waals surface area contributed by atoms with Crippen LogP contribution in [0.1, 0.15) is 31.4 Å². The zero-order valence-corrected chi connectivity index (χ0v) is 18.2. The van der Waals surface area contributed by atoms with E-state index in [1.54, 1.807) is 41.9 Å². The summed E-state index contributed by atoms with van der Waals surface area (Å²) in [7, 11) is 1.42. The molecule has 0 saturated heterocycles. The molecule has 166 valence electrons. The van der Waals surface area contributed by atoms with Crippen molar-refractivity contribution in [2.75, 3.05) is 12.8 Å². The fourth-order valence-corrected chi connectivity index (χ4v) is 4.51. The maximum atomic E-state index is 15.2. The van der Waals surface area contributed by atoms with E-state index in [2.05, 4.69) is 16.2 Å². The summed E-state index contributed by atoms with van der Waals surface area (Å²) in [5.74, 6) is -0.164. The van der Waals surface area contributed by atoms with E-state index < -0.39 is 11.4 Å². The maximum Gasteiger partial charge on any atom is 0.191 e. The van der Waals surface area contributed by atoms with Gasteiger partial charge >= 0.3 is 0 Å². The molecule has 1 aliphatic carbocycles. The van der Waals surface area contributed by atoms with Gasteiger partial charge in [0, 0.05) is 16.5 Å². The number of hydrogen-bond donors (Lipinski definition) is 2. The van der Waals surface area contributed by atoms with Crippen LogP contribution in [0.4, 0.5) is 10.2 Å². The monoisotopic (exact) mass is 443 g/mol. The molecule has 3 N–H and O–H groups in total. The molecule has 0 radical (unpaired) electrons. The number of pyridine rings is 1. The number of anilines is 1. The molecule has 4 aromatic rings. The minimum atomic E-state index is -0.753. The molecule has 2 aromatic carbocycles. The first-order chi connectivity index (χ1) is 15.8. The molecule has 0 spiro atoms. The molecule has 7 nitrogen and oxygen atoms in total. The minimum Gasteiger partial charge on any atom is -0.493 e. The number of benzene rings is 2. The summed E-state index contributed by atoms with van der Waals surface area (Å²) in [4.78, 5) is 4.57. The van der Waals surface area contributed by atoms with Crippen LogP contribution in [-0.2, 0) is 0 Å². The third-order valence-corrected chi connectivity index (χ3v) is 6.16. The van der Waals surface area contributed by atoms with Crippen molar-refractivity contribution in [3.05, 3.63) is 59.9 Å². The molecule has 1 aliphatic rings. The van der Waals surface area contributed by atoms with Crippen LogP contribution in [0.15, 0.2) is 48.5 Å². The molecule has 8 heteroatoms. The lowest BCUT2D eigenvalue weighted by atomic mass is 9.77. The highest BCUT2D eigenvalue weighted by molar-refractivity contribution is 5.92. The highest BCUT2D eigenvalue weighted by atomic mass is 19.1. The van der Waals surface area contributed by atoms with E-state index in [0.717, 1.165) is 0 Å². The standard InChI is InChI=1S/C25H22FN5O2/c1-25(32)11-16(12-25)31-24(28)18(13-27)21(30-31)15-8-9-17-19(10-15)29-22(20(26)23(17)33-2)14-6-4-3-5-7-14/h3-10,16,32H,11-12,28H2,1-2H3/t16-,25+. The molecule has 33 heavy (non-hydrogen) atoms. The van der Waals surface area contributed by atoms with Crippen molar-refractivity contribution in [3.8, 4) is 34.3 Å². The van der Waals surface area contributed by atoms with Gasteiger partial charge < -0.3 is 15.6 Å². The molecular formula is C25H22FN5O2. The van der Waals surface area contributed by atoms with Crippen molar-refractivity contribution in [2.45, 2.75) is 31.4 Å². The Morgan fingerprint density at radius 1 is 1.18 bits per heavy atom. The summed E-state index contributed by atoms with van der Waals surface area (Å²) in [5.41, 5.74) is 8.13. The third-order valence-electron chi connectivity index (χ3n) is 6.16. The van der Waals surface area contributed by atoms with Crippen molar-refractivity contribution in [1.82, 2.24) is 14.8 Å². The maximum absolute atomic E-state index is 15.2. The second-order valence-corrected chi connectivity index (χ2v) is 8.63. The number of nitrogens with zero attached hydrogens (tertiary/aromatic N) is 4. The molecule has 0 unspecified atom stereocenters. The molecule has 1 fully saturated rings. The molecule has 1 saturated carbocycles. The Bertz CT molecular complexity index is 1410. The number of fused-ring (bicyclic) bond motifs is 1. The molecule has 0 amide bonds. The van der Waals surface area contributed by atoms with Gasteiger partial charge in [0.05, 0.1) is 24.3 Å². The number of aliphatic hydroxyl groups is 1. The number of methoxy groups -OCH3 is 1. The Balaban J connectivity index is 1.66. The Morgan fingerprint density at radius 3 is 2.55 bits per heavy atom. The first-order valence-corrected chi connectivity index (χ1v) is 10.6. The minimum absolute atomic E-state index is 0.0710.